The first kappa shape index (κ1) is 13.4. The third-order valence-corrected chi connectivity index (χ3v) is 3.75. The van der Waals surface area contributed by atoms with Gasteiger partial charge in [0, 0.05) is 12.7 Å². The number of nitrogens with zero attached hydrogens (tertiary/aromatic N) is 2. The Labute approximate surface area is 115 Å². The topological polar surface area (TPSA) is 68.5 Å². The number of amides is 1. The lowest BCUT2D eigenvalue weighted by Gasteiger charge is -2.16. The summed E-state index contributed by atoms with van der Waals surface area (Å²) >= 11 is 1.20. The monoisotopic (exact) mass is 277 g/mol. The summed E-state index contributed by atoms with van der Waals surface area (Å²) in [4.78, 5) is 18.5. The lowest BCUT2D eigenvalue weighted by atomic mass is 10.2. The highest BCUT2D eigenvalue weighted by molar-refractivity contribution is 7.17. The number of thiazole rings is 1. The molecule has 1 aromatic carbocycles. The quantitative estimate of drug-likeness (QED) is 0.934. The first-order valence-corrected chi connectivity index (χ1v) is 6.49. The van der Waals surface area contributed by atoms with Crippen LogP contribution < -0.4 is 15.4 Å². The number of carbonyl (C=O) groups is 1. The number of benzene rings is 1. The predicted molar refractivity (Wildman–Crippen MR) is 77.0 cm³/mol. The zero-order valence-electron chi connectivity index (χ0n) is 11.0. The van der Waals surface area contributed by atoms with Gasteiger partial charge in [-0.1, -0.05) is 11.3 Å². The van der Waals surface area contributed by atoms with Gasteiger partial charge in [0.25, 0.3) is 5.91 Å². The summed E-state index contributed by atoms with van der Waals surface area (Å²) in [6.45, 7) is 1.78. The lowest BCUT2D eigenvalue weighted by Crippen LogP contribution is -2.25. The Morgan fingerprint density at radius 1 is 1.37 bits per heavy atom. The average Bonchev–Trinajstić information content (AvgIpc) is 2.76. The summed E-state index contributed by atoms with van der Waals surface area (Å²) in [5.74, 6) is 0.639. The van der Waals surface area contributed by atoms with Crippen molar-refractivity contribution in [3.05, 3.63) is 34.8 Å². The minimum absolute atomic E-state index is 0.114. The van der Waals surface area contributed by atoms with Crippen LogP contribution in [-0.4, -0.2) is 25.0 Å². The van der Waals surface area contributed by atoms with E-state index in [1.54, 1.807) is 26.0 Å². The van der Waals surface area contributed by atoms with E-state index < -0.39 is 0 Å². The second-order valence-corrected chi connectivity index (χ2v) is 5.06. The normalized spacial score (nSPS) is 10.3. The summed E-state index contributed by atoms with van der Waals surface area (Å²) in [6, 6.07) is 7.28. The molecule has 0 saturated heterocycles. The van der Waals surface area contributed by atoms with Crippen LogP contribution in [0.5, 0.6) is 5.75 Å². The third kappa shape index (κ3) is 2.68. The number of carbonyl (C=O) groups excluding carboxylic acids is 1. The molecular formula is C13H15N3O2S. The molecular weight excluding hydrogens is 262 g/mol. The van der Waals surface area contributed by atoms with Crippen molar-refractivity contribution in [3.8, 4) is 5.75 Å². The Morgan fingerprint density at radius 3 is 2.47 bits per heavy atom. The maximum Gasteiger partial charge on any atom is 0.270 e. The lowest BCUT2D eigenvalue weighted by molar-refractivity contribution is 0.0996. The third-order valence-electron chi connectivity index (χ3n) is 2.77. The molecule has 0 aliphatic heterocycles. The van der Waals surface area contributed by atoms with E-state index in [0.29, 0.717) is 15.7 Å². The fraction of sp³-hybridized carbons (Fsp3) is 0.231. The number of anilines is 2. The van der Waals surface area contributed by atoms with Crippen molar-refractivity contribution < 1.29 is 9.53 Å². The Bertz CT molecular complexity index is 592. The molecule has 5 nitrogen and oxygen atoms in total. The summed E-state index contributed by atoms with van der Waals surface area (Å²) in [5.41, 5.74) is 7.06. The second-order valence-electron chi connectivity index (χ2n) is 4.03. The number of nitrogen functional groups attached to an aromatic ring is 1. The molecule has 19 heavy (non-hydrogen) atoms. The van der Waals surface area contributed by atoms with Crippen LogP contribution in [0.25, 0.3) is 0 Å². The molecule has 1 heterocycles. The summed E-state index contributed by atoms with van der Waals surface area (Å²) < 4.78 is 5.09. The highest BCUT2D eigenvalue weighted by atomic mass is 32.1. The van der Waals surface area contributed by atoms with Crippen molar-refractivity contribution in [3.63, 3.8) is 0 Å². The molecule has 6 heteroatoms. The maximum atomic E-state index is 12.3. The molecule has 0 spiro atoms. The van der Waals surface area contributed by atoms with E-state index in [2.05, 4.69) is 4.98 Å². The van der Waals surface area contributed by atoms with Gasteiger partial charge in [-0.15, -0.1) is 0 Å². The van der Waals surface area contributed by atoms with Gasteiger partial charge in [-0.2, -0.15) is 0 Å². The Morgan fingerprint density at radius 2 is 2.00 bits per heavy atom. The van der Waals surface area contributed by atoms with Gasteiger partial charge in [0.1, 0.15) is 10.6 Å². The minimum atomic E-state index is -0.114. The summed E-state index contributed by atoms with van der Waals surface area (Å²) in [7, 11) is 3.33. The maximum absolute atomic E-state index is 12.3. The molecule has 0 bridgehead atoms. The molecule has 1 amide bonds. The van der Waals surface area contributed by atoms with Crippen LogP contribution in [0.4, 0.5) is 10.8 Å². The van der Waals surface area contributed by atoms with Crippen LogP contribution >= 0.6 is 11.3 Å². The fourth-order valence-electron chi connectivity index (χ4n) is 1.69. The number of aromatic nitrogens is 1. The Kier molecular flexibility index (Phi) is 3.71. The smallest absolute Gasteiger partial charge is 0.270 e. The summed E-state index contributed by atoms with van der Waals surface area (Å²) in [6.07, 6.45) is 0. The average molecular weight is 277 g/mol. The Balaban J connectivity index is 2.25. The van der Waals surface area contributed by atoms with E-state index in [9.17, 15) is 4.79 Å². The van der Waals surface area contributed by atoms with Crippen molar-refractivity contribution in [2.45, 2.75) is 6.92 Å². The van der Waals surface area contributed by atoms with Crippen LogP contribution in [0.15, 0.2) is 24.3 Å². The number of aryl methyl sites for hydroxylation is 1. The van der Waals surface area contributed by atoms with Crippen LogP contribution in [0.3, 0.4) is 0 Å². The van der Waals surface area contributed by atoms with Crippen LogP contribution in [-0.2, 0) is 0 Å². The zero-order chi connectivity index (χ0) is 14.0. The van der Waals surface area contributed by atoms with Gasteiger partial charge >= 0.3 is 0 Å². The van der Waals surface area contributed by atoms with Gasteiger partial charge in [0.2, 0.25) is 0 Å². The van der Waals surface area contributed by atoms with Crippen molar-refractivity contribution in [1.29, 1.82) is 0 Å². The van der Waals surface area contributed by atoms with Crippen LogP contribution in [0.2, 0.25) is 0 Å². The number of hydrogen-bond acceptors (Lipinski definition) is 5. The van der Waals surface area contributed by atoms with Crippen LogP contribution in [0.1, 0.15) is 15.4 Å². The van der Waals surface area contributed by atoms with Gasteiger partial charge < -0.3 is 15.4 Å². The number of ether oxygens (including phenoxy) is 1. The molecule has 0 fully saturated rings. The largest absolute Gasteiger partial charge is 0.497 e. The van der Waals surface area contributed by atoms with Crippen molar-refractivity contribution in [2.24, 2.45) is 0 Å². The van der Waals surface area contributed by atoms with Gasteiger partial charge in [0.15, 0.2) is 5.13 Å². The van der Waals surface area contributed by atoms with E-state index >= 15 is 0 Å². The number of hydrogen-bond donors (Lipinski definition) is 1. The second kappa shape index (κ2) is 5.27. The van der Waals surface area contributed by atoms with E-state index in [1.165, 1.54) is 11.3 Å². The van der Waals surface area contributed by atoms with E-state index in [-0.39, 0.29) is 5.91 Å². The fourth-order valence-corrected chi connectivity index (χ4v) is 2.50. The molecule has 2 rings (SSSR count). The van der Waals surface area contributed by atoms with E-state index in [0.717, 1.165) is 11.4 Å². The van der Waals surface area contributed by atoms with E-state index in [1.807, 2.05) is 24.3 Å². The molecule has 2 N–H and O–H groups in total. The highest BCUT2D eigenvalue weighted by Crippen LogP contribution is 2.24. The molecule has 0 aliphatic rings. The number of rotatable bonds is 3. The molecule has 0 saturated carbocycles. The van der Waals surface area contributed by atoms with Crippen LogP contribution in [0, 0.1) is 6.92 Å². The molecule has 0 aliphatic carbocycles. The summed E-state index contributed by atoms with van der Waals surface area (Å²) in [5, 5.41) is 0.406. The predicted octanol–water partition coefficient (Wildman–Crippen LogP) is 2.32. The molecule has 0 atom stereocenters. The van der Waals surface area contributed by atoms with E-state index in [4.69, 9.17) is 10.5 Å². The SMILES string of the molecule is COc1ccc(N(C)C(=O)c2sc(N)nc2C)cc1. The molecule has 1 aromatic heterocycles. The standard InChI is InChI=1S/C13H15N3O2S/c1-8-11(19-13(14)15-8)12(17)16(2)9-4-6-10(18-3)7-5-9/h4-7H,1-3H3,(H2,14,15). The highest BCUT2D eigenvalue weighted by Gasteiger charge is 2.19. The molecule has 0 radical (unpaired) electrons. The first-order valence-electron chi connectivity index (χ1n) is 5.68. The molecule has 0 unspecified atom stereocenters. The first-order chi connectivity index (χ1) is 9.02. The zero-order valence-corrected chi connectivity index (χ0v) is 11.8. The molecule has 100 valence electrons. The van der Waals surface area contributed by atoms with Gasteiger partial charge in [-0.05, 0) is 31.2 Å². The number of nitrogens with two attached hydrogens (primary N) is 1. The van der Waals surface area contributed by atoms with Crippen molar-refractivity contribution >= 4 is 28.1 Å². The van der Waals surface area contributed by atoms with Gasteiger partial charge in [0.05, 0.1) is 12.8 Å². The van der Waals surface area contributed by atoms with Gasteiger partial charge in [-0.25, -0.2) is 4.98 Å². The van der Waals surface area contributed by atoms with Gasteiger partial charge in [-0.3, -0.25) is 4.79 Å². The minimum Gasteiger partial charge on any atom is -0.497 e. The Hall–Kier alpha value is -2.08. The number of methoxy groups -OCH3 is 1. The van der Waals surface area contributed by atoms with Crippen molar-refractivity contribution in [2.75, 3.05) is 24.8 Å². The molecule has 2 aromatic rings. The van der Waals surface area contributed by atoms with Crippen molar-refractivity contribution in [1.82, 2.24) is 4.98 Å².